The van der Waals surface area contributed by atoms with Gasteiger partial charge in [-0.2, -0.15) is 0 Å². The van der Waals surface area contributed by atoms with Gasteiger partial charge in [-0.25, -0.2) is 9.97 Å². The molecule has 1 aliphatic rings. The Morgan fingerprint density at radius 3 is 2.90 bits per heavy atom. The molecular formula is C14H17ClN4OS. The first-order chi connectivity index (χ1) is 10.1. The van der Waals surface area contributed by atoms with Crippen LogP contribution < -0.4 is 5.32 Å². The number of nitrogens with zero attached hydrogens (tertiary/aromatic N) is 3. The molecule has 1 N–H and O–H groups in total. The van der Waals surface area contributed by atoms with E-state index in [1.807, 2.05) is 17.9 Å². The summed E-state index contributed by atoms with van der Waals surface area (Å²) in [5.41, 5.74) is 0. The van der Waals surface area contributed by atoms with Crippen LogP contribution in [0.25, 0.3) is 10.2 Å². The topological polar surface area (TPSA) is 58.1 Å². The second-order valence-electron chi connectivity index (χ2n) is 5.21. The summed E-state index contributed by atoms with van der Waals surface area (Å²) in [5.74, 6) is 0.754. The number of aryl methyl sites for hydroxylation is 1. The van der Waals surface area contributed by atoms with E-state index < -0.39 is 0 Å². The number of likely N-dealkylation sites (tertiary alicyclic amines) is 1. The zero-order chi connectivity index (χ0) is 14.8. The Balaban J connectivity index is 1.74. The lowest BCUT2D eigenvalue weighted by Gasteiger charge is -2.26. The molecule has 0 aromatic carbocycles. The highest BCUT2D eigenvalue weighted by Gasteiger charge is 2.17. The monoisotopic (exact) mass is 324 g/mol. The van der Waals surface area contributed by atoms with E-state index in [-0.39, 0.29) is 17.7 Å². The Kier molecular flexibility index (Phi) is 4.26. The molecule has 112 valence electrons. The SMILES string of the molecule is Cc1cc2c(NCC(=O)N3CCCCC3)nc(Cl)nc2s1. The predicted octanol–water partition coefficient (Wildman–Crippen LogP) is 3.08. The number of anilines is 1. The van der Waals surface area contributed by atoms with Gasteiger partial charge in [-0.05, 0) is 43.9 Å². The van der Waals surface area contributed by atoms with E-state index in [0.29, 0.717) is 5.82 Å². The zero-order valence-electron chi connectivity index (χ0n) is 11.9. The minimum Gasteiger partial charge on any atom is -0.360 e. The Morgan fingerprint density at radius 2 is 2.14 bits per heavy atom. The van der Waals surface area contributed by atoms with E-state index in [0.717, 1.165) is 41.0 Å². The highest BCUT2D eigenvalue weighted by atomic mass is 35.5. The first-order valence-corrected chi connectivity index (χ1v) is 8.28. The number of nitrogens with one attached hydrogen (secondary N) is 1. The lowest BCUT2D eigenvalue weighted by Crippen LogP contribution is -2.39. The molecule has 3 rings (SSSR count). The number of carbonyl (C=O) groups excluding carboxylic acids is 1. The van der Waals surface area contributed by atoms with Gasteiger partial charge in [0, 0.05) is 18.0 Å². The lowest BCUT2D eigenvalue weighted by molar-refractivity contribution is -0.130. The van der Waals surface area contributed by atoms with Gasteiger partial charge in [0.2, 0.25) is 11.2 Å². The standard InChI is InChI=1S/C14H17ClN4OS/c1-9-7-10-12(17-14(15)18-13(10)21-9)16-8-11(20)19-5-3-2-4-6-19/h7H,2-6,8H2,1H3,(H,16,17,18). The Hall–Kier alpha value is -1.40. The molecule has 1 aliphatic heterocycles. The van der Waals surface area contributed by atoms with Gasteiger partial charge in [0.25, 0.3) is 0 Å². The predicted molar refractivity (Wildman–Crippen MR) is 86.1 cm³/mol. The van der Waals surface area contributed by atoms with Crippen LogP contribution >= 0.6 is 22.9 Å². The maximum atomic E-state index is 12.2. The van der Waals surface area contributed by atoms with Crippen LogP contribution in [0.3, 0.4) is 0 Å². The first kappa shape index (κ1) is 14.5. The summed E-state index contributed by atoms with van der Waals surface area (Å²) < 4.78 is 0. The van der Waals surface area contributed by atoms with Crippen molar-refractivity contribution in [2.75, 3.05) is 25.0 Å². The molecule has 0 spiro atoms. The molecule has 1 amide bonds. The van der Waals surface area contributed by atoms with Gasteiger partial charge in [-0.1, -0.05) is 0 Å². The number of halogens is 1. The second-order valence-corrected chi connectivity index (χ2v) is 6.78. The molecule has 2 aromatic rings. The third-order valence-electron chi connectivity index (χ3n) is 3.60. The fourth-order valence-corrected chi connectivity index (χ4v) is 3.66. The van der Waals surface area contributed by atoms with Crippen molar-refractivity contribution < 1.29 is 4.79 Å². The second kappa shape index (κ2) is 6.15. The number of hydrogen-bond acceptors (Lipinski definition) is 5. The molecule has 0 bridgehead atoms. The maximum absolute atomic E-state index is 12.2. The van der Waals surface area contributed by atoms with Crippen LogP contribution in [0.1, 0.15) is 24.1 Å². The molecule has 2 aromatic heterocycles. The molecular weight excluding hydrogens is 308 g/mol. The van der Waals surface area contributed by atoms with E-state index in [2.05, 4.69) is 15.3 Å². The largest absolute Gasteiger partial charge is 0.360 e. The van der Waals surface area contributed by atoms with Gasteiger partial charge in [0.05, 0.1) is 11.9 Å². The zero-order valence-corrected chi connectivity index (χ0v) is 13.4. The molecule has 0 aliphatic carbocycles. The fraction of sp³-hybridized carbons (Fsp3) is 0.500. The van der Waals surface area contributed by atoms with E-state index in [1.54, 1.807) is 11.3 Å². The van der Waals surface area contributed by atoms with Crippen LogP contribution in [0, 0.1) is 6.92 Å². The van der Waals surface area contributed by atoms with Crippen LogP contribution in [0.4, 0.5) is 5.82 Å². The lowest BCUT2D eigenvalue weighted by atomic mass is 10.1. The molecule has 0 radical (unpaired) electrons. The summed E-state index contributed by atoms with van der Waals surface area (Å²) in [5, 5.41) is 4.25. The fourth-order valence-electron chi connectivity index (χ4n) is 2.57. The maximum Gasteiger partial charge on any atom is 0.241 e. The van der Waals surface area contributed by atoms with E-state index in [9.17, 15) is 4.79 Å². The number of aromatic nitrogens is 2. The molecule has 21 heavy (non-hydrogen) atoms. The normalized spacial score (nSPS) is 15.4. The number of rotatable bonds is 3. The average molecular weight is 325 g/mol. The van der Waals surface area contributed by atoms with Gasteiger partial charge < -0.3 is 10.2 Å². The van der Waals surface area contributed by atoms with Gasteiger partial charge in [-0.15, -0.1) is 11.3 Å². The van der Waals surface area contributed by atoms with Crippen LogP contribution in [0.5, 0.6) is 0 Å². The minimum absolute atomic E-state index is 0.115. The van der Waals surface area contributed by atoms with Crippen LogP contribution in [0.15, 0.2) is 6.07 Å². The van der Waals surface area contributed by atoms with Crippen molar-refractivity contribution >= 4 is 44.9 Å². The van der Waals surface area contributed by atoms with Gasteiger partial charge in [0.15, 0.2) is 0 Å². The Morgan fingerprint density at radius 1 is 1.38 bits per heavy atom. The number of thiophene rings is 1. The summed E-state index contributed by atoms with van der Waals surface area (Å²) in [4.78, 5) is 24.5. The van der Waals surface area contributed by atoms with Crippen molar-refractivity contribution in [3.8, 4) is 0 Å². The first-order valence-electron chi connectivity index (χ1n) is 7.09. The molecule has 0 atom stereocenters. The van der Waals surface area contributed by atoms with Gasteiger partial charge >= 0.3 is 0 Å². The Bertz CT molecular complexity index is 666. The van der Waals surface area contributed by atoms with E-state index in [1.165, 1.54) is 6.42 Å². The number of piperidine rings is 1. The molecule has 0 unspecified atom stereocenters. The van der Waals surface area contributed by atoms with Crippen molar-refractivity contribution in [2.24, 2.45) is 0 Å². The number of amides is 1. The molecule has 1 fully saturated rings. The van der Waals surface area contributed by atoms with Crippen molar-refractivity contribution in [2.45, 2.75) is 26.2 Å². The van der Waals surface area contributed by atoms with E-state index in [4.69, 9.17) is 11.6 Å². The summed E-state index contributed by atoms with van der Waals surface area (Å²) in [6.45, 7) is 3.98. The smallest absolute Gasteiger partial charge is 0.241 e. The molecule has 7 heteroatoms. The third-order valence-corrected chi connectivity index (χ3v) is 4.72. The molecule has 3 heterocycles. The van der Waals surface area contributed by atoms with Crippen LogP contribution in [-0.2, 0) is 4.79 Å². The summed E-state index contributed by atoms with van der Waals surface area (Å²) >= 11 is 7.52. The summed E-state index contributed by atoms with van der Waals surface area (Å²) in [6.07, 6.45) is 3.41. The van der Waals surface area contributed by atoms with Crippen LogP contribution in [-0.4, -0.2) is 40.4 Å². The van der Waals surface area contributed by atoms with Crippen LogP contribution in [0.2, 0.25) is 5.28 Å². The van der Waals surface area contributed by atoms with Crippen molar-refractivity contribution in [3.63, 3.8) is 0 Å². The quantitative estimate of drug-likeness (QED) is 0.881. The van der Waals surface area contributed by atoms with Gasteiger partial charge in [0.1, 0.15) is 10.6 Å². The third kappa shape index (κ3) is 3.27. The average Bonchev–Trinajstić information content (AvgIpc) is 2.85. The minimum atomic E-state index is 0.115. The van der Waals surface area contributed by atoms with Gasteiger partial charge in [-0.3, -0.25) is 4.79 Å². The number of fused-ring (bicyclic) bond motifs is 1. The van der Waals surface area contributed by atoms with E-state index >= 15 is 0 Å². The number of carbonyl (C=O) groups is 1. The van der Waals surface area contributed by atoms with Crippen molar-refractivity contribution in [1.29, 1.82) is 0 Å². The van der Waals surface area contributed by atoms with Crippen molar-refractivity contribution in [1.82, 2.24) is 14.9 Å². The number of hydrogen-bond donors (Lipinski definition) is 1. The molecule has 0 saturated carbocycles. The highest BCUT2D eigenvalue weighted by molar-refractivity contribution is 7.18. The summed E-state index contributed by atoms with van der Waals surface area (Å²) in [7, 11) is 0. The molecule has 1 saturated heterocycles. The highest BCUT2D eigenvalue weighted by Crippen LogP contribution is 2.29. The van der Waals surface area contributed by atoms with Crippen molar-refractivity contribution in [3.05, 3.63) is 16.2 Å². The molecule has 5 nitrogen and oxygen atoms in total. The summed E-state index contributed by atoms with van der Waals surface area (Å²) in [6, 6.07) is 2.02. The Labute approximate surface area is 132 Å².